The van der Waals surface area contributed by atoms with Crippen LogP contribution in [0.1, 0.15) is 37.8 Å². The van der Waals surface area contributed by atoms with Gasteiger partial charge in [-0.1, -0.05) is 24.3 Å². The van der Waals surface area contributed by atoms with E-state index in [1.807, 2.05) is 25.1 Å². The summed E-state index contributed by atoms with van der Waals surface area (Å²) in [6.07, 6.45) is 1.83. The molecule has 0 spiro atoms. The van der Waals surface area contributed by atoms with Crippen LogP contribution in [0.4, 0.5) is 4.39 Å². The zero-order chi connectivity index (χ0) is 20.9. The van der Waals surface area contributed by atoms with Crippen molar-refractivity contribution in [2.24, 2.45) is 4.99 Å². The van der Waals surface area contributed by atoms with E-state index in [2.05, 4.69) is 21.9 Å². The molecule has 0 saturated heterocycles. The first-order chi connectivity index (χ1) is 13.1. The Hall–Kier alpha value is -2.48. The third kappa shape index (κ3) is 4.86. The minimum absolute atomic E-state index is 0.106. The van der Waals surface area contributed by atoms with Crippen molar-refractivity contribution >= 4 is 17.6 Å². The lowest BCUT2D eigenvalue weighted by atomic mass is 9.91. The predicted molar refractivity (Wildman–Crippen MR) is 108 cm³/mol. The molecule has 0 heterocycles. The van der Waals surface area contributed by atoms with Gasteiger partial charge in [0.2, 0.25) is 11.7 Å². The van der Waals surface area contributed by atoms with Gasteiger partial charge in [-0.25, -0.2) is 9.87 Å². The number of alkyl halides is 1. The highest BCUT2D eigenvalue weighted by molar-refractivity contribution is 5.96. The lowest BCUT2D eigenvalue weighted by Crippen LogP contribution is -2.51. The summed E-state index contributed by atoms with van der Waals surface area (Å²) in [6, 6.07) is 8.08. The Morgan fingerprint density at radius 3 is 2.61 bits per heavy atom. The van der Waals surface area contributed by atoms with Crippen LogP contribution in [0.5, 0.6) is 0 Å². The molecule has 7 nitrogen and oxygen atoms in total. The van der Waals surface area contributed by atoms with Crippen molar-refractivity contribution in [3.8, 4) is 0 Å². The number of nitrogens with one attached hydrogen (secondary N) is 3. The maximum atomic E-state index is 14.7. The molecule has 1 saturated carbocycles. The average molecular weight is 391 g/mol. The SMILES string of the molecule is CN=C(NOC(=N)[C@@](C)(F)NCCN(C)C(C)=O)C1(c2ccccc2C)CC1. The lowest BCUT2D eigenvalue weighted by Gasteiger charge is -2.26. The van der Waals surface area contributed by atoms with Gasteiger partial charge in [-0.15, -0.1) is 0 Å². The highest BCUT2D eigenvalue weighted by Gasteiger charge is 2.50. The zero-order valence-corrected chi connectivity index (χ0v) is 17.2. The zero-order valence-electron chi connectivity index (χ0n) is 17.2. The third-order valence-electron chi connectivity index (χ3n) is 5.21. The van der Waals surface area contributed by atoms with Crippen molar-refractivity contribution in [2.75, 3.05) is 27.2 Å². The van der Waals surface area contributed by atoms with E-state index in [0.29, 0.717) is 12.4 Å². The molecule has 8 heteroatoms. The number of amides is 1. The molecule has 1 aliphatic carbocycles. The molecule has 1 aromatic rings. The Kier molecular flexibility index (Phi) is 6.77. The largest absolute Gasteiger partial charge is 0.361 e. The molecule has 1 atom stereocenters. The molecule has 1 aromatic carbocycles. The second-order valence-electron chi connectivity index (χ2n) is 7.37. The van der Waals surface area contributed by atoms with Gasteiger partial charge in [0, 0.05) is 34.1 Å². The van der Waals surface area contributed by atoms with Crippen molar-refractivity contribution in [3.63, 3.8) is 0 Å². The molecule has 0 radical (unpaired) electrons. The summed E-state index contributed by atoms with van der Waals surface area (Å²) in [6.45, 7) is 5.22. The number of hydrogen-bond donors (Lipinski definition) is 3. The van der Waals surface area contributed by atoms with Crippen LogP contribution in [0.3, 0.4) is 0 Å². The normalized spacial score (nSPS) is 17.4. The summed E-state index contributed by atoms with van der Waals surface area (Å²) in [7, 11) is 3.28. The first-order valence-electron chi connectivity index (χ1n) is 9.35. The number of aryl methyl sites for hydroxylation is 1. The Labute approximate surface area is 165 Å². The van der Waals surface area contributed by atoms with E-state index in [1.165, 1.54) is 18.7 Å². The molecule has 0 unspecified atom stereocenters. The van der Waals surface area contributed by atoms with E-state index >= 15 is 0 Å². The summed E-state index contributed by atoms with van der Waals surface area (Å²) in [4.78, 5) is 22.2. The van der Waals surface area contributed by atoms with Gasteiger partial charge in [-0.3, -0.25) is 20.5 Å². The van der Waals surface area contributed by atoms with E-state index < -0.39 is 11.7 Å². The van der Waals surface area contributed by atoms with E-state index in [1.54, 1.807) is 14.1 Å². The van der Waals surface area contributed by atoms with Crippen LogP contribution in [0, 0.1) is 12.3 Å². The summed E-state index contributed by atoms with van der Waals surface area (Å²) in [5.74, 6) is -2.30. The van der Waals surface area contributed by atoms with E-state index in [4.69, 9.17) is 10.2 Å². The van der Waals surface area contributed by atoms with Crippen LogP contribution in [-0.2, 0) is 15.0 Å². The number of likely N-dealkylation sites (N-methyl/N-ethyl adjacent to an activating group) is 1. The van der Waals surface area contributed by atoms with Gasteiger partial charge in [0.1, 0.15) is 5.84 Å². The number of halogens is 1. The fraction of sp³-hybridized carbons (Fsp3) is 0.550. The summed E-state index contributed by atoms with van der Waals surface area (Å²) < 4.78 is 14.7. The van der Waals surface area contributed by atoms with Crippen LogP contribution < -0.4 is 10.8 Å². The molecular formula is C20H30FN5O2. The average Bonchev–Trinajstić information content (AvgIpc) is 3.43. The second kappa shape index (κ2) is 8.68. The van der Waals surface area contributed by atoms with Gasteiger partial charge in [-0.05, 0) is 37.8 Å². The molecule has 3 N–H and O–H groups in total. The minimum atomic E-state index is -2.18. The monoisotopic (exact) mass is 391 g/mol. The molecule has 28 heavy (non-hydrogen) atoms. The van der Waals surface area contributed by atoms with Crippen LogP contribution in [0.15, 0.2) is 29.3 Å². The lowest BCUT2D eigenvalue weighted by molar-refractivity contribution is -0.127. The number of benzene rings is 1. The molecule has 0 aromatic heterocycles. The standard InChI is InChI=1S/C20H30FN5O2/c1-14-8-6-7-9-16(14)20(10-11-20)18(23-4)25-28-17(22)19(3,21)24-12-13-26(5)15(2)27/h6-9,22,24H,10-13H2,1-5H3,(H,23,25)/t19-/m0/s1. The summed E-state index contributed by atoms with van der Waals surface area (Å²) >= 11 is 0. The predicted octanol–water partition coefficient (Wildman–Crippen LogP) is 2.31. The van der Waals surface area contributed by atoms with E-state index in [0.717, 1.165) is 24.0 Å². The van der Waals surface area contributed by atoms with Crippen LogP contribution >= 0.6 is 0 Å². The number of aliphatic imine (C=N–C) groups is 1. The highest BCUT2D eigenvalue weighted by Crippen LogP contribution is 2.50. The van der Waals surface area contributed by atoms with Gasteiger partial charge in [0.05, 0.1) is 5.41 Å². The van der Waals surface area contributed by atoms with Crippen molar-refractivity contribution in [1.82, 2.24) is 15.7 Å². The number of carbonyl (C=O) groups excluding carboxylic acids is 1. The number of amidine groups is 1. The molecule has 1 amide bonds. The van der Waals surface area contributed by atoms with Gasteiger partial charge in [0.25, 0.3) is 5.90 Å². The molecular weight excluding hydrogens is 361 g/mol. The molecule has 2 rings (SSSR count). The highest BCUT2D eigenvalue weighted by atomic mass is 19.1. The summed E-state index contributed by atoms with van der Waals surface area (Å²) in [5.41, 5.74) is 4.75. The Balaban J connectivity index is 1.95. The molecule has 1 fully saturated rings. The van der Waals surface area contributed by atoms with E-state index in [-0.39, 0.29) is 17.9 Å². The van der Waals surface area contributed by atoms with Gasteiger partial charge in [-0.2, -0.15) is 0 Å². The number of nitrogens with zero attached hydrogens (tertiary/aromatic N) is 2. The smallest absolute Gasteiger partial charge is 0.267 e. The molecule has 154 valence electrons. The summed E-state index contributed by atoms with van der Waals surface area (Å²) in [5, 5.41) is 10.5. The van der Waals surface area contributed by atoms with Gasteiger partial charge >= 0.3 is 0 Å². The Morgan fingerprint density at radius 1 is 1.43 bits per heavy atom. The quantitative estimate of drug-likeness (QED) is 0.288. The topological polar surface area (TPSA) is 89.8 Å². The van der Waals surface area contributed by atoms with Gasteiger partial charge in [0.15, 0.2) is 0 Å². The number of rotatable bonds is 7. The maximum absolute atomic E-state index is 14.7. The second-order valence-corrected chi connectivity index (χ2v) is 7.37. The van der Waals surface area contributed by atoms with Crippen molar-refractivity contribution in [3.05, 3.63) is 35.4 Å². The fourth-order valence-corrected chi connectivity index (χ4v) is 3.12. The minimum Gasteiger partial charge on any atom is -0.361 e. The number of carbonyl (C=O) groups is 1. The third-order valence-corrected chi connectivity index (χ3v) is 5.21. The fourth-order valence-electron chi connectivity index (χ4n) is 3.12. The van der Waals surface area contributed by atoms with Crippen LogP contribution in [0.25, 0.3) is 0 Å². The van der Waals surface area contributed by atoms with Crippen LogP contribution in [-0.4, -0.2) is 55.5 Å². The van der Waals surface area contributed by atoms with Crippen molar-refractivity contribution in [1.29, 1.82) is 5.41 Å². The first-order valence-corrected chi connectivity index (χ1v) is 9.35. The van der Waals surface area contributed by atoms with Crippen molar-refractivity contribution < 1.29 is 14.0 Å². The molecule has 0 aliphatic heterocycles. The Morgan fingerprint density at radius 2 is 2.07 bits per heavy atom. The van der Waals surface area contributed by atoms with E-state index in [9.17, 15) is 9.18 Å². The molecule has 1 aliphatic rings. The number of hydrogen-bond acceptors (Lipinski definition) is 5. The molecule has 0 bridgehead atoms. The number of hydroxylamine groups is 1. The Bertz CT molecular complexity index is 759. The maximum Gasteiger partial charge on any atom is 0.267 e. The van der Waals surface area contributed by atoms with Crippen molar-refractivity contribution in [2.45, 2.75) is 44.8 Å². The first kappa shape index (κ1) is 21.8. The van der Waals surface area contributed by atoms with Crippen LogP contribution in [0.2, 0.25) is 0 Å². The van der Waals surface area contributed by atoms with Gasteiger partial charge < -0.3 is 9.74 Å².